The number of carboxylic acids is 1. The highest BCUT2D eigenvalue weighted by molar-refractivity contribution is 7.86. The summed E-state index contributed by atoms with van der Waals surface area (Å²) in [5, 5.41) is 11.3. The molecule has 0 bridgehead atoms. The molecule has 4 aromatic rings. The van der Waals surface area contributed by atoms with Gasteiger partial charge in [0.05, 0.1) is 24.7 Å². The third kappa shape index (κ3) is 11.4. The Balaban J connectivity index is 0.00000100. The highest BCUT2D eigenvalue weighted by Crippen LogP contribution is 2.47. The fourth-order valence-electron chi connectivity index (χ4n) is 9.89. The Bertz CT molecular complexity index is 3350. The minimum Gasteiger partial charge on any atom is -0.481 e. The van der Waals surface area contributed by atoms with Gasteiger partial charge in [-0.25, -0.2) is 13.7 Å². The Morgan fingerprint density at radius 1 is 0.809 bits per heavy atom. The Morgan fingerprint density at radius 2 is 1.43 bits per heavy atom. The third-order valence-corrected chi connectivity index (χ3v) is 14.2. The van der Waals surface area contributed by atoms with Gasteiger partial charge in [0.15, 0.2) is 12.1 Å². The standard InChI is InChI=1S/C46H54N4O8S2.2O3S/c1-10-49-39-24-37-35(22-33(39)31(26-45(49,5)6)28-59(53,54)55)42(43-47(9)19-20-48(43)18-14-13-17-41(51)52)34-21-32-29(2)25-44(3,4)50(38(32)23-36(34)46(37,7)8)27-30-15-11-12-16-40(30)60(56,57)58;2*1-4(2)3/h11-12,15-16,19-26H,10,13-14,17-18,27-28H2,1-9H3,(H-2,51,52,53,54,55,56,57,58);;/p+2. The lowest BCUT2D eigenvalue weighted by Gasteiger charge is -2.45. The Morgan fingerprint density at radius 3 is 2.00 bits per heavy atom. The first-order valence-corrected chi connectivity index (χ1v) is 26.4. The number of hydrogen-bond acceptors (Lipinski definition) is 12. The highest BCUT2D eigenvalue weighted by Gasteiger charge is 2.43. The first kappa shape index (κ1) is 53.3. The molecule has 0 unspecified atom stereocenters. The van der Waals surface area contributed by atoms with E-state index in [9.17, 15) is 35.8 Å². The number of allylic oxidation sites excluding steroid dienone is 1. The topological polar surface area (TPSA) is 264 Å². The number of likely N-dealkylation sites (N-methyl/N-ethyl adjacent to an activating group) is 1. The molecule has 2 aliphatic heterocycles. The number of carbonyl (C=O) groups is 1. The number of aryl methyl sites for hydroxylation is 2. The highest BCUT2D eigenvalue weighted by atomic mass is 32.2. The number of rotatable bonds is 12. The number of hydrogen-bond donors (Lipinski definition) is 3. The van der Waals surface area contributed by atoms with Crippen LogP contribution in [0.3, 0.4) is 0 Å². The molecule has 1 aromatic heterocycles. The molecule has 22 heteroatoms. The lowest BCUT2D eigenvalue weighted by Crippen LogP contribution is -2.50. The fraction of sp³-hybridized carbons (Fsp3) is 0.413. The summed E-state index contributed by atoms with van der Waals surface area (Å²) in [5.41, 5.74) is 6.74. The van der Waals surface area contributed by atoms with Crippen LogP contribution in [-0.2, 0) is 71.8 Å². The molecular formula is C46H56N4O14S4+2. The number of anilines is 1. The van der Waals surface area contributed by atoms with E-state index in [4.69, 9.17) is 25.3 Å². The maximum Gasteiger partial charge on any atom is 0.425 e. The van der Waals surface area contributed by atoms with Crippen LogP contribution in [-0.4, -0.2) is 90.2 Å². The maximum absolute atomic E-state index is 12.6. The van der Waals surface area contributed by atoms with Gasteiger partial charge in [-0.1, -0.05) is 38.1 Å². The molecule has 0 amide bonds. The molecule has 0 atom stereocenters. The number of unbranched alkanes of at least 4 members (excludes halogenated alkanes) is 1. The lowest BCUT2D eigenvalue weighted by atomic mass is 9.68. The zero-order chi connectivity index (χ0) is 51.1. The van der Waals surface area contributed by atoms with E-state index in [1.165, 1.54) is 6.07 Å². The number of imidazole rings is 1. The molecule has 18 nitrogen and oxygen atoms in total. The van der Waals surface area contributed by atoms with Crippen molar-refractivity contribution in [3.8, 4) is 0 Å². The Hall–Kier alpha value is -5.65. The van der Waals surface area contributed by atoms with Crippen LogP contribution in [0, 0.1) is 0 Å². The Labute approximate surface area is 398 Å². The van der Waals surface area contributed by atoms with Crippen molar-refractivity contribution in [3.05, 3.63) is 123 Å². The molecule has 3 aromatic carbocycles. The van der Waals surface area contributed by atoms with Gasteiger partial charge < -0.3 is 10.0 Å². The van der Waals surface area contributed by atoms with Gasteiger partial charge in [0, 0.05) is 60.7 Å². The number of nitrogens with zero attached hydrogens (tertiary/aromatic N) is 4. The van der Waals surface area contributed by atoms with Gasteiger partial charge in [-0.2, -0.15) is 16.8 Å². The quantitative estimate of drug-likeness (QED) is 0.104. The minimum absolute atomic E-state index is 0.0672. The van der Waals surface area contributed by atoms with Gasteiger partial charge in [-0.15, -0.1) is 25.3 Å². The average Bonchev–Trinajstić information content (AvgIpc) is 3.55. The first-order chi connectivity index (χ1) is 31.3. The van der Waals surface area contributed by atoms with Crippen molar-refractivity contribution >= 4 is 69.8 Å². The number of benzene rings is 3. The summed E-state index contributed by atoms with van der Waals surface area (Å²) in [6.45, 7) is 18.2. The number of aromatic nitrogens is 2. The van der Waals surface area contributed by atoms with E-state index in [0.717, 1.165) is 61.1 Å². The van der Waals surface area contributed by atoms with Crippen molar-refractivity contribution in [2.75, 3.05) is 17.2 Å². The Kier molecular flexibility index (Phi) is 15.5. The second-order valence-corrected chi connectivity index (χ2v) is 22.1. The van der Waals surface area contributed by atoms with Crippen molar-refractivity contribution in [3.63, 3.8) is 0 Å². The molecule has 0 saturated heterocycles. The maximum atomic E-state index is 12.6. The molecule has 0 saturated carbocycles. The number of fused-ring (bicyclic) bond motifs is 4. The molecule has 0 fully saturated rings. The van der Waals surface area contributed by atoms with Gasteiger partial charge in [-0.05, 0) is 104 Å². The van der Waals surface area contributed by atoms with Gasteiger partial charge in [0.1, 0.15) is 23.0 Å². The summed E-state index contributed by atoms with van der Waals surface area (Å²) in [7, 11) is -13.1. The summed E-state index contributed by atoms with van der Waals surface area (Å²) < 4.78 is 128. The van der Waals surface area contributed by atoms with Crippen LogP contribution < -0.4 is 24.6 Å². The zero-order valence-electron chi connectivity index (χ0n) is 39.1. The van der Waals surface area contributed by atoms with Crippen LogP contribution in [0.2, 0.25) is 0 Å². The molecule has 0 radical (unpaired) electrons. The molecule has 68 heavy (non-hydrogen) atoms. The smallest absolute Gasteiger partial charge is 0.425 e. The zero-order valence-corrected chi connectivity index (χ0v) is 42.4. The molecule has 7 rings (SSSR count). The summed E-state index contributed by atoms with van der Waals surface area (Å²) in [5.74, 6) is -0.481. The van der Waals surface area contributed by atoms with Crippen LogP contribution in [0.15, 0.2) is 78.0 Å². The van der Waals surface area contributed by atoms with E-state index >= 15 is 0 Å². The summed E-state index contributed by atoms with van der Waals surface area (Å²) in [4.78, 5) is 13.5. The predicted octanol–water partition coefficient (Wildman–Crippen LogP) is 3.47. The van der Waals surface area contributed by atoms with Crippen LogP contribution >= 0.6 is 0 Å². The molecule has 0 spiro atoms. The molecule has 366 valence electrons. The monoisotopic (exact) mass is 1020 g/mol. The number of carboxylic acid groups (broad SMARTS) is 1. The predicted molar refractivity (Wildman–Crippen MR) is 253 cm³/mol. The summed E-state index contributed by atoms with van der Waals surface area (Å²) in [6.07, 6.45) is 9.32. The van der Waals surface area contributed by atoms with E-state index in [0.29, 0.717) is 37.1 Å². The largest absolute Gasteiger partial charge is 0.481 e. The van der Waals surface area contributed by atoms with Gasteiger partial charge in [-0.3, -0.25) is 13.9 Å². The normalized spacial score (nSPS) is 16.2. The van der Waals surface area contributed by atoms with Gasteiger partial charge >= 0.3 is 27.2 Å². The van der Waals surface area contributed by atoms with E-state index in [2.05, 4.69) is 90.5 Å². The molecule has 3 aliphatic rings. The van der Waals surface area contributed by atoms with E-state index < -0.39 is 69.7 Å². The fourth-order valence-corrected chi connectivity index (χ4v) is 11.2. The molecule has 3 heterocycles. The summed E-state index contributed by atoms with van der Waals surface area (Å²) >= 11 is 0. The third-order valence-electron chi connectivity index (χ3n) is 12.6. The van der Waals surface area contributed by atoms with Crippen molar-refractivity contribution < 1.29 is 65.7 Å². The molecular weight excluding hydrogens is 961 g/mol. The van der Waals surface area contributed by atoms with E-state index in [-0.39, 0.29) is 17.9 Å². The van der Waals surface area contributed by atoms with Crippen LogP contribution in [0.5, 0.6) is 0 Å². The van der Waals surface area contributed by atoms with Gasteiger partial charge in [0.25, 0.3) is 26.1 Å². The summed E-state index contributed by atoms with van der Waals surface area (Å²) in [6, 6.07) is 15.2. The lowest BCUT2D eigenvalue weighted by molar-refractivity contribution is -0.673. The van der Waals surface area contributed by atoms with Crippen molar-refractivity contribution in [1.82, 2.24) is 9.14 Å². The van der Waals surface area contributed by atoms with E-state index in [1.54, 1.807) is 18.2 Å². The first-order valence-electron chi connectivity index (χ1n) is 21.3. The van der Waals surface area contributed by atoms with Gasteiger partial charge in [0.2, 0.25) is 5.36 Å². The van der Waals surface area contributed by atoms with Crippen molar-refractivity contribution in [2.24, 2.45) is 7.05 Å². The molecule has 1 aliphatic carbocycles. The minimum atomic E-state index is -4.50. The second kappa shape index (κ2) is 19.8. The second-order valence-electron chi connectivity index (χ2n) is 18.5. The average molecular weight is 1020 g/mol. The van der Waals surface area contributed by atoms with Crippen LogP contribution in [0.25, 0.3) is 16.7 Å². The van der Waals surface area contributed by atoms with Crippen molar-refractivity contribution in [2.45, 2.75) is 109 Å². The van der Waals surface area contributed by atoms with Crippen molar-refractivity contribution in [1.29, 1.82) is 0 Å². The van der Waals surface area contributed by atoms with E-state index in [1.807, 2.05) is 39.4 Å². The SMILES string of the molecule is CCN1c2cc3c(cc2C(CS(=O)(=O)O)=CC1(C)C)C(c1n(CCCCC(=O)O)cc[n+]1C)=c1cc2c(cc1C3(C)C)=[N+](Cc1ccccc1S(=O)(=O)O)C(C)(C)C=C2C.O=S(=O)=O.O=S(=O)=O. The number of aliphatic carboxylic acids is 1. The molecule has 3 N–H and O–H groups in total. The van der Waals surface area contributed by atoms with Crippen LogP contribution in [0.4, 0.5) is 5.69 Å². The van der Waals surface area contributed by atoms with Crippen LogP contribution in [0.1, 0.15) is 114 Å².